The SMILES string of the molecule is C=CCN(CC=C)S(=O)(=O)c1ccc(C(=O)Nc2sc3c(c2C#N)CCCC3)cc1. The molecule has 0 aliphatic heterocycles. The first kappa shape index (κ1) is 22.0. The predicted molar refractivity (Wildman–Crippen MR) is 119 cm³/mol. The van der Waals surface area contributed by atoms with E-state index in [1.165, 1.54) is 56.9 Å². The monoisotopic (exact) mass is 441 g/mol. The second-order valence-corrected chi connectivity index (χ2v) is 9.95. The Kier molecular flexibility index (Phi) is 6.87. The number of amides is 1. The molecular formula is C22H23N3O3S2. The van der Waals surface area contributed by atoms with Crippen LogP contribution in [0.25, 0.3) is 0 Å². The van der Waals surface area contributed by atoms with E-state index < -0.39 is 10.0 Å². The van der Waals surface area contributed by atoms with Gasteiger partial charge in [0.2, 0.25) is 10.0 Å². The van der Waals surface area contributed by atoms with E-state index in [9.17, 15) is 18.5 Å². The first-order valence-electron chi connectivity index (χ1n) is 9.60. The highest BCUT2D eigenvalue weighted by atomic mass is 32.2. The number of benzene rings is 1. The number of hydrogen-bond acceptors (Lipinski definition) is 5. The molecule has 6 nitrogen and oxygen atoms in total. The molecule has 156 valence electrons. The summed E-state index contributed by atoms with van der Waals surface area (Å²) in [5.41, 5.74) is 1.92. The van der Waals surface area contributed by atoms with Gasteiger partial charge in [-0.25, -0.2) is 8.42 Å². The minimum Gasteiger partial charge on any atom is -0.312 e. The smallest absolute Gasteiger partial charge is 0.256 e. The van der Waals surface area contributed by atoms with Crippen LogP contribution in [-0.2, 0) is 22.9 Å². The molecule has 1 aliphatic carbocycles. The summed E-state index contributed by atoms with van der Waals surface area (Å²) in [4.78, 5) is 14.0. The van der Waals surface area contributed by atoms with Gasteiger partial charge in [-0.3, -0.25) is 4.79 Å². The number of nitrogens with zero attached hydrogens (tertiary/aromatic N) is 2. The third-order valence-electron chi connectivity index (χ3n) is 4.93. The van der Waals surface area contributed by atoms with Gasteiger partial charge in [-0.05, 0) is 55.5 Å². The van der Waals surface area contributed by atoms with Crippen molar-refractivity contribution in [2.45, 2.75) is 30.6 Å². The van der Waals surface area contributed by atoms with Crippen molar-refractivity contribution in [2.75, 3.05) is 18.4 Å². The Morgan fingerprint density at radius 1 is 1.17 bits per heavy atom. The lowest BCUT2D eigenvalue weighted by Crippen LogP contribution is -2.31. The minimum absolute atomic E-state index is 0.0899. The number of sulfonamides is 1. The zero-order chi connectivity index (χ0) is 21.7. The molecule has 0 spiro atoms. The first-order chi connectivity index (χ1) is 14.4. The van der Waals surface area contributed by atoms with E-state index in [0.29, 0.717) is 16.1 Å². The molecule has 0 saturated heterocycles. The summed E-state index contributed by atoms with van der Waals surface area (Å²) in [6.45, 7) is 7.51. The number of aryl methyl sites for hydroxylation is 1. The van der Waals surface area contributed by atoms with Gasteiger partial charge in [0.1, 0.15) is 11.1 Å². The molecule has 1 aromatic heterocycles. The van der Waals surface area contributed by atoms with Crippen LogP contribution in [0.2, 0.25) is 0 Å². The van der Waals surface area contributed by atoms with Crippen LogP contribution < -0.4 is 5.32 Å². The van der Waals surface area contributed by atoms with Crippen molar-refractivity contribution in [3.63, 3.8) is 0 Å². The van der Waals surface area contributed by atoms with Crippen LogP contribution in [0, 0.1) is 11.3 Å². The van der Waals surface area contributed by atoms with Crippen molar-refractivity contribution in [1.82, 2.24) is 4.31 Å². The quantitative estimate of drug-likeness (QED) is 0.624. The maximum absolute atomic E-state index is 12.8. The van der Waals surface area contributed by atoms with E-state index in [1.54, 1.807) is 0 Å². The average molecular weight is 442 g/mol. The van der Waals surface area contributed by atoms with Gasteiger partial charge < -0.3 is 5.32 Å². The highest BCUT2D eigenvalue weighted by Crippen LogP contribution is 2.37. The summed E-state index contributed by atoms with van der Waals surface area (Å²) in [7, 11) is -3.72. The summed E-state index contributed by atoms with van der Waals surface area (Å²) in [6, 6.07) is 7.99. The molecule has 3 rings (SSSR count). The summed E-state index contributed by atoms with van der Waals surface area (Å²) >= 11 is 1.46. The van der Waals surface area contributed by atoms with Gasteiger partial charge in [0.15, 0.2) is 0 Å². The Morgan fingerprint density at radius 3 is 2.40 bits per heavy atom. The number of nitrogens with one attached hydrogen (secondary N) is 1. The fraction of sp³-hybridized carbons (Fsp3) is 0.273. The molecule has 1 amide bonds. The molecule has 1 N–H and O–H groups in total. The number of rotatable bonds is 8. The Hall–Kier alpha value is -2.73. The summed E-state index contributed by atoms with van der Waals surface area (Å²) in [6.07, 6.45) is 6.96. The molecule has 0 atom stereocenters. The maximum atomic E-state index is 12.8. The fourth-order valence-electron chi connectivity index (χ4n) is 3.43. The van der Waals surface area contributed by atoms with Crippen molar-refractivity contribution in [2.24, 2.45) is 0 Å². The van der Waals surface area contributed by atoms with Crippen molar-refractivity contribution in [3.05, 3.63) is 71.1 Å². The van der Waals surface area contributed by atoms with Crippen molar-refractivity contribution in [1.29, 1.82) is 5.26 Å². The number of carbonyl (C=O) groups is 1. The fourth-order valence-corrected chi connectivity index (χ4v) is 6.05. The van der Waals surface area contributed by atoms with E-state index in [1.807, 2.05) is 0 Å². The lowest BCUT2D eigenvalue weighted by Gasteiger charge is -2.19. The largest absolute Gasteiger partial charge is 0.312 e. The standard InChI is InChI=1S/C22H23N3O3S2/c1-3-13-25(14-4-2)30(27,28)17-11-9-16(10-12-17)21(26)24-22-19(15-23)18-7-5-6-8-20(18)29-22/h3-4,9-12H,1-2,5-8,13-14H2,(H,24,26). The second kappa shape index (κ2) is 9.39. The van der Waals surface area contributed by atoms with E-state index in [2.05, 4.69) is 24.5 Å². The number of nitriles is 1. The molecule has 2 aromatic rings. The van der Waals surface area contributed by atoms with Gasteiger partial charge in [-0.15, -0.1) is 24.5 Å². The molecule has 0 radical (unpaired) electrons. The minimum atomic E-state index is -3.72. The highest BCUT2D eigenvalue weighted by Gasteiger charge is 2.24. The zero-order valence-corrected chi connectivity index (χ0v) is 18.2. The molecule has 30 heavy (non-hydrogen) atoms. The number of fused-ring (bicyclic) bond motifs is 1. The van der Waals surface area contributed by atoms with E-state index >= 15 is 0 Å². The van der Waals surface area contributed by atoms with E-state index in [0.717, 1.165) is 31.2 Å². The Labute approximate surface area is 181 Å². The third kappa shape index (κ3) is 4.38. The summed E-state index contributed by atoms with van der Waals surface area (Å²) in [5, 5.41) is 12.9. The molecule has 1 aliphatic rings. The van der Waals surface area contributed by atoms with Crippen LogP contribution in [0.1, 0.15) is 39.2 Å². The number of hydrogen-bond donors (Lipinski definition) is 1. The van der Waals surface area contributed by atoms with Crippen LogP contribution in [0.3, 0.4) is 0 Å². The lowest BCUT2D eigenvalue weighted by atomic mass is 9.96. The summed E-state index contributed by atoms with van der Waals surface area (Å²) in [5.74, 6) is -0.372. The second-order valence-electron chi connectivity index (χ2n) is 6.90. The highest BCUT2D eigenvalue weighted by molar-refractivity contribution is 7.89. The third-order valence-corrected chi connectivity index (χ3v) is 7.98. The average Bonchev–Trinajstić information content (AvgIpc) is 3.10. The van der Waals surface area contributed by atoms with Crippen LogP contribution in [0.15, 0.2) is 54.5 Å². The van der Waals surface area contributed by atoms with Crippen LogP contribution in [0.4, 0.5) is 5.00 Å². The van der Waals surface area contributed by atoms with Gasteiger partial charge in [-0.1, -0.05) is 12.2 Å². The van der Waals surface area contributed by atoms with Crippen molar-refractivity contribution < 1.29 is 13.2 Å². The van der Waals surface area contributed by atoms with Crippen molar-refractivity contribution in [3.8, 4) is 6.07 Å². The molecule has 0 saturated carbocycles. The lowest BCUT2D eigenvalue weighted by molar-refractivity contribution is 0.102. The van der Waals surface area contributed by atoms with Crippen molar-refractivity contribution >= 4 is 32.3 Å². The Morgan fingerprint density at radius 2 is 1.80 bits per heavy atom. The maximum Gasteiger partial charge on any atom is 0.256 e. The van der Waals surface area contributed by atoms with Crippen LogP contribution >= 0.6 is 11.3 Å². The van der Waals surface area contributed by atoms with Crippen LogP contribution in [0.5, 0.6) is 0 Å². The Balaban J connectivity index is 1.81. The van der Waals surface area contributed by atoms with Gasteiger partial charge in [0.25, 0.3) is 5.91 Å². The summed E-state index contributed by atoms with van der Waals surface area (Å²) < 4.78 is 26.8. The topological polar surface area (TPSA) is 90.3 Å². The Bertz CT molecular complexity index is 1100. The van der Waals surface area contributed by atoms with Crippen LogP contribution in [-0.4, -0.2) is 31.7 Å². The molecule has 8 heteroatoms. The van der Waals surface area contributed by atoms with E-state index in [4.69, 9.17) is 0 Å². The molecular weight excluding hydrogens is 418 g/mol. The van der Waals surface area contributed by atoms with Gasteiger partial charge in [0, 0.05) is 23.5 Å². The molecule has 1 aromatic carbocycles. The number of anilines is 1. The van der Waals surface area contributed by atoms with Gasteiger partial charge in [-0.2, -0.15) is 9.57 Å². The molecule has 0 unspecified atom stereocenters. The predicted octanol–water partition coefficient (Wildman–Crippen LogP) is 4.11. The molecule has 0 bridgehead atoms. The van der Waals surface area contributed by atoms with Gasteiger partial charge in [0.05, 0.1) is 10.5 Å². The number of thiophene rings is 1. The first-order valence-corrected chi connectivity index (χ1v) is 11.9. The number of carbonyl (C=O) groups excluding carboxylic acids is 1. The zero-order valence-electron chi connectivity index (χ0n) is 16.6. The molecule has 0 fully saturated rings. The normalized spacial score (nSPS) is 13.3. The van der Waals surface area contributed by atoms with E-state index in [-0.39, 0.29) is 23.9 Å². The van der Waals surface area contributed by atoms with Gasteiger partial charge >= 0.3 is 0 Å². The molecule has 1 heterocycles.